The van der Waals surface area contributed by atoms with Gasteiger partial charge in [-0.05, 0) is 6.92 Å². The maximum Gasteiger partial charge on any atom is 0.323 e. The molecular weight excluding hydrogens is 158 g/mol. The number of nitrogens with one attached hydrogen (secondary N) is 1. The Kier molecular flexibility index (Phi) is 3.49. The minimum Gasteiger partial charge on any atom is -0.465 e. The third kappa shape index (κ3) is 2.19. The van der Waals surface area contributed by atoms with Crippen LogP contribution in [0.2, 0.25) is 0 Å². The van der Waals surface area contributed by atoms with Gasteiger partial charge >= 0.3 is 5.97 Å². The topological polar surface area (TPSA) is 47.6 Å². The lowest BCUT2D eigenvalue weighted by molar-refractivity contribution is -0.145. The van der Waals surface area contributed by atoms with E-state index in [0.29, 0.717) is 6.61 Å². The summed E-state index contributed by atoms with van der Waals surface area (Å²) in [6.45, 7) is 2.98. The summed E-state index contributed by atoms with van der Waals surface area (Å²) in [6, 6.07) is -0.171. The van der Waals surface area contributed by atoms with Gasteiger partial charge in [0.1, 0.15) is 6.04 Å². The van der Waals surface area contributed by atoms with Crippen molar-refractivity contribution in [2.45, 2.75) is 25.5 Å². The molecule has 70 valence electrons. The molecule has 0 saturated carbocycles. The maximum atomic E-state index is 11.2. The fourth-order valence-corrected chi connectivity index (χ4v) is 1.31. The molecule has 0 radical (unpaired) electrons. The molecule has 4 heteroatoms. The molecule has 0 aromatic rings. The van der Waals surface area contributed by atoms with Crippen molar-refractivity contribution in [1.29, 1.82) is 0 Å². The lowest BCUT2D eigenvalue weighted by atomic mass is 10.2. The van der Waals surface area contributed by atoms with E-state index in [1.165, 1.54) is 0 Å². The molecule has 12 heavy (non-hydrogen) atoms. The van der Waals surface area contributed by atoms with Gasteiger partial charge < -0.3 is 14.8 Å². The molecule has 0 aliphatic carbocycles. The summed E-state index contributed by atoms with van der Waals surface area (Å²) in [5.41, 5.74) is 0. The second-order valence-electron chi connectivity index (χ2n) is 2.81. The van der Waals surface area contributed by atoms with Crippen LogP contribution in [0.1, 0.15) is 13.3 Å². The highest BCUT2D eigenvalue weighted by molar-refractivity contribution is 5.76. The molecule has 1 fully saturated rings. The van der Waals surface area contributed by atoms with Crippen LogP contribution in [0.15, 0.2) is 0 Å². The average molecular weight is 173 g/mol. The van der Waals surface area contributed by atoms with Crippen molar-refractivity contribution in [2.24, 2.45) is 0 Å². The van der Waals surface area contributed by atoms with Gasteiger partial charge in [0.25, 0.3) is 0 Å². The van der Waals surface area contributed by atoms with E-state index in [0.717, 1.165) is 13.0 Å². The second kappa shape index (κ2) is 4.42. The van der Waals surface area contributed by atoms with Crippen molar-refractivity contribution in [2.75, 3.05) is 20.3 Å². The van der Waals surface area contributed by atoms with E-state index in [2.05, 4.69) is 5.32 Å². The fraction of sp³-hybridized carbons (Fsp3) is 0.875. The Morgan fingerprint density at radius 3 is 2.92 bits per heavy atom. The lowest BCUT2D eigenvalue weighted by Gasteiger charge is -2.08. The van der Waals surface area contributed by atoms with E-state index >= 15 is 0 Å². The Morgan fingerprint density at radius 1 is 1.67 bits per heavy atom. The maximum absolute atomic E-state index is 11.2. The van der Waals surface area contributed by atoms with Crippen molar-refractivity contribution in [3.8, 4) is 0 Å². The van der Waals surface area contributed by atoms with Crippen LogP contribution in [0.3, 0.4) is 0 Å². The molecule has 1 heterocycles. The van der Waals surface area contributed by atoms with E-state index in [-0.39, 0.29) is 18.1 Å². The Labute approximate surface area is 72.2 Å². The van der Waals surface area contributed by atoms with Gasteiger partial charge in [-0.25, -0.2) is 0 Å². The minimum atomic E-state index is -0.171. The Hall–Kier alpha value is -0.610. The molecule has 1 rings (SSSR count). The smallest absolute Gasteiger partial charge is 0.323 e. The van der Waals surface area contributed by atoms with Gasteiger partial charge in [0.15, 0.2) is 0 Å². The number of hydrogen-bond acceptors (Lipinski definition) is 4. The zero-order chi connectivity index (χ0) is 8.97. The normalized spacial score (nSPS) is 28.8. The summed E-state index contributed by atoms with van der Waals surface area (Å²) in [4.78, 5) is 11.2. The van der Waals surface area contributed by atoms with Gasteiger partial charge in [0.05, 0.1) is 12.7 Å². The van der Waals surface area contributed by atoms with Crippen LogP contribution in [-0.2, 0) is 14.3 Å². The molecule has 1 saturated heterocycles. The first-order chi connectivity index (χ1) is 5.77. The second-order valence-corrected chi connectivity index (χ2v) is 2.81. The van der Waals surface area contributed by atoms with E-state index in [1.54, 1.807) is 14.0 Å². The number of carbonyl (C=O) groups is 1. The van der Waals surface area contributed by atoms with Crippen molar-refractivity contribution in [3.63, 3.8) is 0 Å². The minimum absolute atomic E-state index is 0.152. The van der Waals surface area contributed by atoms with Crippen LogP contribution in [-0.4, -0.2) is 38.4 Å². The van der Waals surface area contributed by atoms with Gasteiger partial charge in [-0.1, -0.05) is 0 Å². The molecule has 0 unspecified atom stereocenters. The summed E-state index contributed by atoms with van der Waals surface area (Å²) in [5, 5.41) is 3.04. The highest BCUT2D eigenvalue weighted by Crippen LogP contribution is 2.10. The summed E-state index contributed by atoms with van der Waals surface area (Å²) < 4.78 is 9.96. The predicted molar refractivity (Wildman–Crippen MR) is 43.8 cm³/mol. The van der Waals surface area contributed by atoms with E-state index in [1.807, 2.05) is 0 Å². The van der Waals surface area contributed by atoms with E-state index in [9.17, 15) is 4.79 Å². The number of carbonyl (C=O) groups excluding carboxylic acids is 1. The monoisotopic (exact) mass is 173 g/mol. The standard InChI is InChI=1S/C8H15NO3/c1-3-12-8(10)7-4-6(11-2)5-9-7/h6-7,9H,3-5H2,1-2H3/t6-,7-/m1/s1. The number of hydrogen-bond donors (Lipinski definition) is 1. The zero-order valence-electron chi connectivity index (χ0n) is 7.50. The first-order valence-corrected chi connectivity index (χ1v) is 4.20. The van der Waals surface area contributed by atoms with Gasteiger partial charge in [0.2, 0.25) is 0 Å². The third-order valence-electron chi connectivity index (χ3n) is 1.99. The van der Waals surface area contributed by atoms with Crippen molar-refractivity contribution >= 4 is 5.97 Å². The van der Waals surface area contributed by atoms with Gasteiger partial charge in [-0.2, -0.15) is 0 Å². The Bertz CT molecular complexity index is 160. The van der Waals surface area contributed by atoms with Gasteiger partial charge in [0, 0.05) is 20.1 Å². The molecule has 2 atom stereocenters. The largest absolute Gasteiger partial charge is 0.465 e. The molecule has 0 aromatic heterocycles. The molecule has 0 aromatic carbocycles. The van der Waals surface area contributed by atoms with Crippen LogP contribution < -0.4 is 5.32 Å². The average Bonchev–Trinajstić information content (AvgIpc) is 2.52. The molecular formula is C8H15NO3. The molecule has 0 spiro atoms. The van der Waals surface area contributed by atoms with Crippen LogP contribution in [0, 0.1) is 0 Å². The summed E-state index contributed by atoms with van der Waals surface area (Å²) >= 11 is 0. The van der Waals surface area contributed by atoms with Gasteiger partial charge in [-0.3, -0.25) is 4.79 Å². The predicted octanol–water partition coefficient (Wildman–Crippen LogP) is -0.0736. The van der Waals surface area contributed by atoms with Crippen LogP contribution in [0.25, 0.3) is 0 Å². The molecule has 0 amide bonds. The quantitative estimate of drug-likeness (QED) is 0.607. The SMILES string of the molecule is CCOC(=O)[C@H]1C[C@@H](OC)CN1. The van der Waals surface area contributed by atoms with Crippen LogP contribution in [0.5, 0.6) is 0 Å². The van der Waals surface area contributed by atoms with Crippen LogP contribution in [0.4, 0.5) is 0 Å². The zero-order valence-corrected chi connectivity index (χ0v) is 7.50. The van der Waals surface area contributed by atoms with Crippen LogP contribution >= 0.6 is 0 Å². The van der Waals surface area contributed by atoms with Crippen molar-refractivity contribution < 1.29 is 14.3 Å². The molecule has 1 N–H and O–H groups in total. The molecule has 4 nitrogen and oxygen atoms in total. The highest BCUT2D eigenvalue weighted by atomic mass is 16.5. The Balaban J connectivity index is 2.31. The Morgan fingerprint density at radius 2 is 2.42 bits per heavy atom. The van der Waals surface area contributed by atoms with Crippen molar-refractivity contribution in [3.05, 3.63) is 0 Å². The van der Waals surface area contributed by atoms with Gasteiger partial charge in [-0.15, -0.1) is 0 Å². The van der Waals surface area contributed by atoms with Crippen molar-refractivity contribution in [1.82, 2.24) is 5.32 Å². The highest BCUT2D eigenvalue weighted by Gasteiger charge is 2.29. The molecule has 1 aliphatic rings. The lowest BCUT2D eigenvalue weighted by Crippen LogP contribution is -2.32. The van der Waals surface area contributed by atoms with E-state index in [4.69, 9.17) is 9.47 Å². The third-order valence-corrected chi connectivity index (χ3v) is 1.99. The summed E-state index contributed by atoms with van der Waals surface area (Å²) in [7, 11) is 1.65. The first kappa shape index (κ1) is 9.48. The summed E-state index contributed by atoms with van der Waals surface area (Å²) in [6.07, 6.45) is 0.870. The summed E-state index contributed by atoms with van der Waals surface area (Å²) in [5.74, 6) is -0.169. The number of rotatable bonds is 3. The first-order valence-electron chi connectivity index (χ1n) is 4.20. The van der Waals surface area contributed by atoms with E-state index < -0.39 is 0 Å². The number of methoxy groups -OCH3 is 1. The number of ether oxygens (including phenoxy) is 2. The number of esters is 1. The fourth-order valence-electron chi connectivity index (χ4n) is 1.31. The molecule has 0 bridgehead atoms. The molecule has 1 aliphatic heterocycles.